The van der Waals surface area contributed by atoms with Crippen molar-refractivity contribution in [3.05, 3.63) is 40.9 Å². The van der Waals surface area contributed by atoms with E-state index in [0.717, 1.165) is 40.4 Å². The Bertz CT molecular complexity index is 1390. The molecule has 0 aliphatic heterocycles. The van der Waals surface area contributed by atoms with E-state index in [1.807, 2.05) is 0 Å². The highest BCUT2D eigenvalue weighted by Crippen LogP contribution is 2.33. The van der Waals surface area contributed by atoms with E-state index in [0.29, 0.717) is 11.3 Å². The molecule has 1 unspecified atom stereocenters. The standard InChI is InChI=1S/C22H21F6N7O3S/c1-11-5-13(6-29-16(11)22(26,27)28)19-32-14(7-39-19)31-18(37)12(2)35-9-30-17(34(4)10-36)15(35)20(38)33(3)8-21(23,24)25/h5-7,9-10,12H,8H2,1-4H3,(H,31,37). The zero-order chi connectivity index (χ0) is 29.3. The van der Waals surface area contributed by atoms with Crippen LogP contribution in [-0.2, 0) is 15.8 Å². The van der Waals surface area contributed by atoms with Gasteiger partial charge in [-0.05, 0) is 25.5 Å². The number of imidazole rings is 1. The third-order valence-corrected chi connectivity index (χ3v) is 6.27. The van der Waals surface area contributed by atoms with E-state index in [1.54, 1.807) is 0 Å². The number of hydrogen-bond donors (Lipinski definition) is 1. The molecule has 0 fully saturated rings. The Morgan fingerprint density at radius 1 is 1.18 bits per heavy atom. The molecule has 3 amide bonds. The van der Waals surface area contributed by atoms with Gasteiger partial charge in [0, 0.05) is 31.2 Å². The summed E-state index contributed by atoms with van der Waals surface area (Å²) in [4.78, 5) is 50.0. The molecule has 0 aromatic carbocycles. The molecule has 3 heterocycles. The zero-order valence-electron chi connectivity index (χ0n) is 20.8. The van der Waals surface area contributed by atoms with Crippen LogP contribution in [0.1, 0.15) is 34.7 Å². The fraction of sp³-hybridized carbons (Fsp3) is 0.364. The maximum Gasteiger partial charge on any atom is 0.433 e. The summed E-state index contributed by atoms with van der Waals surface area (Å²) in [5, 5.41) is 4.18. The van der Waals surface area contributed by atoms with Gasteiger partial charge >= 0.3 is 12.4 Å². The molecule has 17 heteroatoms. The monoisotopic (exact) mass is 577 g/mol. The second-order valence-corrected chi connectivity index (χ2v) is 9.27. The summed E-state index contributed by atoms with van der Waals surface area (Å²) in [5.74, 6) is -2.09. The molecule has 0 bridgehead atoms. The number of amides is 3. The lowest BCUT2D eigenvalue weighted by Gasteiger charge is -2.23. The van der Waals surface area contributed by atoms with Crippen LogP contribution >= 0.6 is 11.3 Å². The minimum atomic E-state index is -4.70. The molecule has 0 aliphatic carbocycles. The quantitative estimate of drug-likeness (QED) is 0.318. The van der Waals surface area contributed by atoms with Crippen LogP contribution in [0, 0.1) is 6.92 Å². The van der Waals surface area contributed by atoms with Crippen LogP contribution in [0.2, 0.25) is 0 Å². The molecule has 210 valence electrons. The molecule has 3 rings (SSSR count). The SMILES string of the molecule is Cc1cc(-c2nc(NC(=O)C(C)n3cnc(N(C)C=O)c3C(=O)N(C)CC(F)(F)F)cs2)cnc1C(F)(F)F. The van der Waals surface area contributed by atoms with Crippen LogP contribution in [0.15, 0.2) is 24.0 Å². The average Bonchev–Trinajstić information content (AvgIpc) is 3.48. The minimum Gasteiger partial charge on any atom is -0.331 e. The van der Waals surface area contributed by atoms with Gasteiger partial charge in [-0.25, -0.2) is 9.97 Å². The second-order valence-electron chi connectivity index (χ2n) is 8.41. The molecule has 39 heavy (non-hydrogen) atoms. The first kappa shape index (κ1) is 29.5. The maximum atomic E-state index is 13.0. The van der Waals surface area contributed by atoms with Gasteiger partial charge < -0.3 is 19.7 Å². The van der Waals surface area contributed by atoms with Crippen molar-refractivity contribution in [2.45, 2.75) is 32.2 Å². The first-order chi connectivity index (χ1) is 18.0. The predicted molar refractivity (Wildman–Crippen MR) is 128 cm³/mol. The topological polar surface area (TPSA) is 113 Å². The largest absolute Gasteiger partial charge is 0.433 e. The lowest BCUT2D eigenvalue weighted by Crippen LogP contribution is -2.38. The number of nitrogens with one attached hydrogen (secondary N) is 1. The van der Waals surface area contributed by atoms with Gasteiger partial charge in [-0.3, -0.25) is 19.4 Å². The van der Waals surface area contributed by atoms with Crippen molar-refractivity contribution in [2.75, 3.05) is 30.9 Å². The van der Waals surface area contributed by atoms with E-state index in [2.05, 4.69) is 20.3 Å². The van der Waals surface area contributed by atoms with Crippen molar-refractivity contribution in [1.82, 2.24) is 24.4 Å². The van der Waals surface area contributed by atoms with Gasteiger partial charge in [0.2, 0.25) is 12.3 Å². The van der Waals surface area contributed by atoms with Gasteiger partial charge in [-0.1, -0.05) is 0 Å². The molecule has 0 saturated carbocycles. The highest BCUT2D eigenvalue weighted by molar-refractivity contribution is 7.13. The second kappa shape index (κ2) is 11.0. The van der Waals surface area contributed by atoms with Crippen molar-refractivity contribution in [2.24, 2.45) is 0 Å². The summed E-state index contributed by atoms with van der Waals surface area (Å²) in [5.41, 5.74) is -1.28. The predicted octanol–water partition coefficient (Wildman–Crippen LogP) is 4.16. The molecule has 0 saturated heterocycles. The number of halogens is 6. The van der Waals surface area contributed by atoms with Crippen LogP contribution in [0.3, 0.4) is 0 Å². The zero-order valence-corrected chi connectivity index (χ0v) is 21.6. The number of carbonyl (C=O) groups excluding carboxylic acids is 3. The number of pyridine rings is 1. The normalized spacial score (nSPS) is 12.7. The van der Waals surface area contributed by atoms with Crippen molar-refractivity contribution >= 4 is 41.2 Å². The van der Waals surface area contributed by atoms with Gasteiger partial charge in [0.1, 0.15) is 29.1 Å². The first-order valence-electron chi connectivity index (χ1n) is 10.9. The lowest BCUT2D eigenvalue weighted by molar-refractivity contribution is -0.141. The number of anilines is 2. The van der Waals surface area contributed by atoms with E-state index in [-0.39, 0.29) is 27.8 Å². The van der Waals surface area contributed by atoms with Crippen LogP contribution in [0.25, 0.3) is 10.6 Å². The Kier molecular flexibility index (Phi) is 8.33. The minimum absolute atomic E-state index is 0.0387. The Morgan fingerprint density at radius 3 is 2.41 bits per heavy atom. The molecule has 0 spiro atoms. The molecule has 3 aromatic heterocycles. The molecular formula is C22H21F6N7O3S. The smallest absolute Gasteiger partial charge is 0.331 e. The maximum absolute atomic E-state index is 13.0. The molecule has 1 N–H and O–H groups in total. The number of aromatic nitrogens is 4. The number of hydrogen-bond acceptors (Lipinski definition) is 7. The Hall–Kier alpha value is -4.02. The number of nitrogens with zero attached hydrogens (tertiary/aromatic N) is 6. The van der Waals surface area contributed by atoms with Gasteiger partial charge in [0.15, 0.2) is 11.5 Å². The van der Waals surface area contributed by atoms with Crippen LogP contribution in [0.4, 0.5) is 38.0 Å². The fourth-order valence-electron chi connectivity index (χ4n) is 3.49. The highest BCUT2D eigenvalue weighted by Gasteiger charge is 2.36. The molecule has 3 aromatic rings. The summed E-state index contributed by atoms with van der Waals surface area (Å²) in [6.45, 7) is 1.02. The van der Waals surface area contributed by atoms with Gasteiger partial charge in [0.25, 0.3) is 5.91 Å². The van der Waals surface area contributed by atoms with Gasteiger partial charge in [-0.15, -0.1) is 11.3 Å². The van der Waals surface area contributed by atoms with Crippen molar-refractivity contribution in [3.8, 4) is 10.6 Å². The fourth-order valence-corrected chi connectivity index (χ4v) is 4.22. The van der Waals surface area contributed by atoms with Gasteiger partial charge in [0.05, 0.1) is 6.33 Å². The van der Waals surface area contributed by atoms with Crippen LogP contribution in [0.5, 0.6) is 0 Å². The Labute approximate surface area is 221 Å². The van der Waals surface area contributed by atoms with E-state index in [9.17, 15) is 40.7 Å². The van der Waals surface area contributed by atoms with E-state index < -0.39 is 48.1 Å². The van der Waals surface area contributed by atoms with Crippen molar-refractivity contribution in [3.63, 3.8) is 0 Å². The Morgan fingerprint density at radius 2 is 1.85 bits per heavy atom. The summed E-state index contributed by atoms with van der Waals surface area (Å²) in [6.07, 6.45) is -6.96. The summed E-state index contributed by atoms with van der Waals surface area (Å²) in [7, 11) is 2.15. The first-order valence-corrected chi connectivity index (χ1v) is 11.8. The van der Waals surface area contributed by atoms with E-state index in [1.165, 1.54) is 32.3 Å². The third kappa shape index (κ3) is 6.71. The summed E-state index contributed by atoms with van der Waals surface area (Å²) < 4.78 is 78.6. The van der Waals surface area contributed by atoms with Crippen molar-refractivity contribution in [1.29, 1.82) is 0 Å². The average molecular weight is 578 g/mol. The molecule has 10 nitrogen and oxygen atoms in total. The molecular weight excluding hydrogens is 556 g/mol. The molecule has 0 radical (unpaired) electrons. The molecule has 0 aliphatic rings. The van der Waals surface area contributed by atoms with Gasteiger partial charge in [-0.2, -0.15) is 26.3 Å². The highest BCUT2D eigenvalue weighted by atomic mass is 32.1. The van der Waals surface area contributed by atoms with Crippen LogP contribution in [-0.4, -0.2) is 69.5 Å². The Balaban J connectivity index is 1.85. The molecule has 1 atom stereocenters. The number of carbonyl (C=O) groups is 3. The van der Waals surface area contributed by atoms with Crippen LogP contribution < -0.4 is 10.2 Å². The van der Waals surface area contributed by atoms with Crippen molar-refractivity contribution < 1.29 is 40.7 Å². The lowest BCUT2D eigenvalue weighted by atomic mass is 10.1. The number of alkyl halides is 6. The number of thiazole rings is 1. The summed E-state index contributed by atoms with van der Waals surface area (Å²) >= 11 is 1.02. The number of rotatable bonds is 8. The number of aryl methyl sites for hydroxylation is 1. The van der Waals surface area contributed by atoms with E-state index >= 15 is 0 Å². The summed E-state index contributed by atoms with van der Waals surface area (Å²) in [6, 6.07) is 0.0547. The third-order valence-electron chi connectivity index (χ3n) is 5.38. The van der Waals surface area contributed by atoms with E-state index in [4.69, 9.17) is 0 Å².